The number of hydrogen-bond acceptors (Lipinski definition) is 23. The van der Waals surface area contributed by atoms with Gasteiger partial charge in [0.2, 0.25) is 0 Å². The maximum Gasteiger partial charge on any atom is 0.281 e. The van der Waals surface area contributed by atoms with Crippen LogP contribution in [-0.4, -0.2) is 130 Å². The van der Waals surface area contributed by atoms with Gasteiger partial charge in [-0.25, -0.2) is 33.7 Å². The number of aryl methyl sites for hydroxylation is 3. The first-order valence-electron chi connectivity index (χ1n) is 43.6. The van der Waals surface area contributed by atoms with Gasteiger partial charge in [-0.05, 0) is 234 Å². The molecule has 0 bridgehead atoms. The van der Waals surface area contributed by atoms with Crippen LogP contribution in [0, 0.1) is 0 Å². The first-order valence-corrected chi connectivity index (χ1v) is 44.5. The molecule has 32 heteroatoms. The van der Waals surface area contributed by atoms with Crippen LogP contribution in [0.2, 0.25) is 0 Å². The van der Waals surface area contributed by atoms with Crippen LogP contribution in [0.3, 0.4) is 0 Å². The molecule has 6 aromatic carbocycles. The van der Waals surface area contributed by atoms with Crippen molar-refractivity contribution in [1.29, 1.82) is 0 Å². The molecule has 0 aliphatic heterocycles. The van der Waals surface area contributed by atoms with Crippen molar-refractivity contribution >= 4 is 122 Å². The van der Waals surface area contributed by atoms with Crippen LogP contribution < -0.4 is 43.5 Å². The second kappa shape index (κ2) is 35.1. The van der Waals surface area contributed by atoms with Crippen LogP contribution in [0.15, 0.2) is 250 Å². The smallest absolute Gasteiger partial charge is 0.281 e. The molecule has 20 aromatic rings. The van der Waals surface area contributed by atoms with E-state index < -0.39 is 12.0 Å². The van der Waals surface area contributed by atoms with Gasteiger partial charge in [0.15, 0.2) is 0 Å². The molecule has 29 nitrogen and oxygen atoms in total. The van der Waals surface area contributed by atoms with Gasteiger partial charge in [0, 0.05) is 117 Å². The predicted octanol–water partition coefficient (Wildman–Crippen LogP) is 18.1. The van der Waals surface area contributed by atoms with E-state index in [0.717, 1.165) is 102 Å². The third-order valence-electron chi connectivity index (χ3n) is 23.3. The number of benzene rings is 6. The Balaban J connectivity index is 0.000000109. The van der Waals surface area contributed by atoms with Crippen LogP contribution in [0.1, 0.15) is 113 Å². The largest absolute Gasteiger partial charge is 0.370 e. The lowest BCUT2D eigenvalue weighted by Gasteiger charge is -2.12. The summed E-state index contributed by atoms with van der Waals surface area (Å²) >= 11 is 1.55. The van der Waals surface area contributed by atoms with Crippen LogP contribution in [0.4, 0.5) is 32.1 Å². The zero-order chi connectivity index (χ0) is 89.8. The average molecular weight is 1760 g/mol. The highest BCUT2D eigenvalue weighted by atomic mass is 32.1. The number of fused-ring (bicyclic) bond motifs is 8. The fourth-order valence-corrected chi connectivity index (χ4v) is 17.2. The van der Waals surface area contributed by atoms with Crippen molar-refractivity contribution < 1.29 is 8.78 Å². The molecular formula is C99H87F2N25O4S. The maximum atomic E-state index is 13.8. The Bertz CT molecular complexity index is 7520. The van der Waals surface area contributed by atoms with Gasteiger partial charge in [-0.3, -0.25) is 43.2 Å². The molecule has 0 spiro atoms. The molecule has 0 atom stereocenters. The van der Waals surface area contributed by atoms with E-state index in [1.165, 1.54) is 86.7 Å². The molecular weight excluding hydrogens is 1670 g/mol. The van der Waals surface area contributed by atoms with E-state index in [-0.39, 0.29) is 27.9 Å². The highest BCUT2D eigenvalue weighted by Crippen LogP contribution is 2.43. The number of nitrogens with one attached hydrogen (secondary N) is 4. The summed E-state index contributed by atoms with van der Waals surface area (Å²) in [4.78, 5) is 86.7. The molecule has 3 aliphatic carbocycles. The van der Waals surface area contributed by atoms with Gasteiger partial charge in [0.25, 0.3) is 28.7 Å². The molecule has 3 fully saturated rings. The summed E-state index contributed by atoms with van der Waals surface area (Å²) in [5.41, 5.74) is 19.6. The Morgan fingerprint density at radius 1 is 0.344 bits per heavy atom. The first-order chi connectivity index (χ1) is 63.9. The van der Waals surface area contributed by atoms with Crippen molar-refractivity contribution in [2.75, 3.05) is 47.4 Å². The first kappa shape index (κ1) is 83.4. The lowest BCUT2D eigenvalue weighted by atomic mass is 10.0. The minimum Gasteiger partial charge on any atom is -0.370 e. The van der Waals surface area contributed by atoms with Crippen molar-refractivity contribution in [2.24, 2.45) is 21.1 Å². The summed E-state index contributed by atoms with van der Waals surface area (Å²) in [6, 6.07) is 61.0. The summed E-state index contributed by atoms with van der Waals surface area (Å²) in [5.74, 6) is 4.64. The fraction of sp³-hybridized carbons (Fsp3) is 0.212. The molecule has 4 N–H and O–H groups in total. The zero-order valence-electron chi connectivity index (χ0n) is 72.5. The van der Waals surface area contributed by atoms with Gasteiger partial charge in [0.05, 0.1) is 77.3 Å². The maximum absolute atomic E-state index is 13.8. The van der Waals surface area contributed by atoms with Crippen molar-refractivity contribution in [1.82, 2.24) is 103 Å². The molecule has 0 saturated heterocycles. The van der Waals surface area contributed by atoms with Crippen LogP contribution in [0.5, 0.6) is 0 Å². The van der Waals surface area contributed by atoms with Crippen molar-refractivity contribution in [3.8, 4) is 67.3 Å². The quantitative estimate of drug-likeness (QED) is 0.0551. The second-order valence-electron chi connectivity index (χ2n) is 32.7. The summed E-state index contributed by atoms with van der Waals surface area (Å²) in [5, 5.41) is 47.4. The van der Waals surface area contributed by atoms with E-state index in [9.17, 15) is 28.0 Å². The molecule has 3 aliphatic rings. The summed E-state index contributed by atoms with van der Waals surface area (Å²) in [6.07, 6.45) is 13.4. The van der Waals surface area contributed by atoms with E-state index in [1.807, 2.05) is 212 Å². The zero-order valence-corrected chi connectivity index (χ0v) is 73.3. The Morgan fingerprint density at radius 3 is 0.985 bits per heavy atom. The van der Waals surface area contributed by atoms with Crippen molar-refractivity contribution in [2.45, 2.75) is 90.4 Å². The topological polar surface area (TPSA) is 331 Å². The van der Waals surface area contributed by atoms with Gasteiger partial charge in [-0.1, -0.05) is 60.7 Å². The summed E-state index contributed by atoms with van der Waals surface area (Å²) in [6.45, 7) is 10.9. The summed E-state index contributed by atoms with van der Waals surface area (Å²) < 4.78 is 38.0. The normalized spacial score (nSPS) is 13.1. The number of halogens is 2. The fourth-order valence-electron chi connectivity index (χ4n) is 16.5. The Labute approximate surface area is 750 Å². The lowest BCUT2D eigenvalue weighted by molar-refractivity contribution is 0.146. The number of aromatic nitrogens is 21. The molecule has 131 heavy (non-hydrogen) atoms. The van der Waals surface area contributed by atoms with E-state index >= 15 is 0 Å². The standard InChI is InChI=1S/C26H24N6O.C25H23N7O.C25H21N5OS.C23H19F2N7O/c1-3-27-23-13-12-22-25(28-23)24(18-8-6-17(7-9-18)16-4-5-16)26(33)32(30-22)20-10-11-21-19(14-20)15-31(2)29-21;1-3-26-22-11-10-21-24(28-22)23(16-6-8-19(27-13-16)15-4-5-15)25(33)32(30-21)18-7-9-20-17(12-18)14-31(2)29-20;1-2-26-22-12-11-20-24(28-22)23(17-7-5-16(6-8-17)15-3-4-15)25(31)30(29-20)18-9-10-19-21(13-18)32-14-27-19;1-3-26-19-9-8-17-21(28-19)20(13-4-6-18(22(24)25)27-11-13)23(33)32(30-17)15-5-7-16-14(10-15)12-31(2)29-16/h6-16H,3-5H2,1-2H3,(H,27,28);6-15H,3-5H2,1-2H3,(H,26,28);5-15H,2-4H2,1H3,(H,26,28);4-12,22H,3H2,1-2H3,(H,26,28). The highest BCUT2D eigenvalue weighted by Gasteiger charge is 2.29. The molecule has 0 amide bonds. The molecule has 14 heterocycles. The molecule has 23 rings (SSSR count). The predicted molar refractivity (Wildman–Crippen MR) is 511 cm³/mol. The van der Waals surface area contributed by atoms with Crippen LogP contribution >= 0.6 is 11.3 Å². The third kappa shape index (κ3) is 16.9. The van der Waals surface area contributed by atoms with Crippen LogP contribution in [-0.2, 0) is 21.1 Å². The number of rotatable bonds is 20. The average Bonchev–Trinajstić information content (AvgIpc) is 0.881. The number of hydrogen-bond donors (Lipinski definition) is 4. The van der Waals surface area contributed by atoms with Crippen LogP contribution in [0.25, 0.3) is 154 Å². The second-order valence-corrected chi connectivity index (χ2v) is 33.6. The Morgan fingerprint density at radius 2 is 0.664 bits per heavy atom. The van der Waals surface area contributed by atoms with Gasteiger partial charge >= 0.3 is 0 Å². The molecule has 14 aromatic heterocycles. The third-order valence-corrected chi connectivity index (χ3v) is 24.1. The monoisotopic (exact) mass is 1760 g/mol. The number of alkyl halides is 2. The van der Waals surface area contributed by atoms with Gasteiger partial charge in [-0.2, -0.15) is 54.4 Å². The molecule has 0 unspecified atom stereocenters. The lowest BCUT2D eigenvalue weighted by Crippen LogP contribution is -2.24. The molecule has 0 radical (unpaired) electrons. The number of pyridine rings is 6. The Kier molecular flexibility index (Phi) is 22.3. The van der Waals surface area contributed by atoms with E-state index in [0.29, 0.717) is 119 Å². The van der Waals surface area contributed by atoms with Gasteiger partial charge in [-0.15, -0.1) is 11.3 Å². The van der Waals surface area contributed by atoms with E-state index in [2.05, 4.69) is 101 Å². The highest BCUT2D eigenvalue weighted by molar-refractivity contribution is 7.16. The van der Waals surface area contributed by atoms with E-state index in [4.69, 9.17) is 15.0 Å². The van der Waals surface area contributed by atoms with E-state index in [1.54, 1.807) is 49.8 Å². The minimum atomic E-state index is -2.70. The van der Waals surface area contributed by atoms with Crippen molar-refractivity contribution in [3.63, 3.8) is 0 Å². The Hall–Kier alpha value is -15.9. The molecule has 652 valence electrons. The minimum absolute atomic E-state index is 0.179. The summed E-state index contributed by atoms with van der Waals surface area (Å²) in [7, 11) is 5.59. The van der Waals surface area contributed by atoms with Crippen molar-refractivity contribution in [3.05, 3.63) is 295 Å². The molecule has 3 saturated carbocycles. The number of thiazole rings is 1. The van der Waals surface area contributed by atoms with Gasteiger partial charge in [0.1, 0.15) is 73.1 Å². The number of anilines is 4. The SMILES string of the molecule is CCNc1ccc2nn(-c3ccc4ncsc4c3)c(=O)c(-c3ccc(C4CC4)cc3)c2n1.CCNc1ccc2nn(-c3ccc4nn(C)cc4c3)c(=O)c(-c3ccc(C(F)F)nc3)c2n1.CCNc1ccc2nn(-c3ccc4nn(C)cc4c3)c(=O)c(-c3ccc(C4CC4)cc3)c2n1.CCNc1ccc2nn(-c3ccc4nn(C)cc4c3)c(=O)c(-c3ccc(C4CC4)nc3)c2n1. The van der Waals surface area contributed by atoms with Gasteiger partial charge < -0.3 is 21.3 Å². The number of nitrogens with zero attached hydrogens (tertiary/aromatic N) is 21.